The Morgan fingerprint density at radius 3 is 2.53 bits per heavy atom. The number of rotatable bonds is 2. The molecule has 88 valence electrons. The van der Waals surface area contributed by atoms with E-state index in [4.69, 9.17) is 17.3 Å². The molecule has 0 aliphatic rings. The third-order valence-electron chi connectivity index (χ3n) is 2.57. The van der Waals surface area contributed by atoms with Crippen LogP contribution in [0.3, 0.4) is 0 Å². The van der Waals surface area contributed by atoms with Gasteiger partial charge in [-0.2, -0.15) is 0 Å². The lowest BCUT2D eigenvalue weighted by Gasteiger charge is -2.21. The topological polar surface area (TPSA) is 29.3 Å². The zero-order valence-corrected chi connectivity index (χ0v) is 10.1. The first-order chi connectivity index (χ1) is 8.09. The lowest BCUT2D eigenvalue weighted by atomic mass is 10.2. The number of hydrogen-bond donors (Lipinski definition) is 1. The summed E-state index contributed by atoms with van der Waals surface area (Å²) in [5.74, 6) is -0.333. The molecule has 0 radical (unpaired) electrons. The molecule has 2 aromatic carbocycles. The fourth-order valence-electron chi connectivity index (χ4n) is 1.67. The molecule has 0 saturated carbocycles. The van der Waals surface area contributed by atoms with Crippen molar-refractivity contribution in [2.75, 3.05) is 17.7 Å². The minimum absolute atomic E-state index is 0.333. The zero-order chi connectivity index (χ0) is 12.4. The van der Waals surface area contributed by atoms with Gasteiger partial charge < -0.3 is 10.6 Å². The first-order valence-corrected chi connectivity index (χ1v) is 5.50. The van der Waals surface area contributed by atoms with E-state index in [-0.39, 0.29) is 5.82 Å². The van der Waals surface area contributed by atoms with E-state index < -0.39 is 0 Å². The summed E-state index contributed by atoms with van der Waals surface area (Å²) in [6.07, 6.45) is 0. The Morgan fingerprint density at radius 2 is 1.82 bits per heavy atom. The molecule has 0 saturated heterocycles. The number of hydrogen-bond acceptors (Lipinski definition) is 2. The monoisotopic (exact) mass is 250 g/mol. The summed E-state index contributed by atoms with van der Waals surface area (Å²) < 4.78 is 13.7. The number of anilines is 3. The van der Waals surface area contributed by atoms with E-state index in [1.54, 1.807) is 24.1 Å². The van der Waals surface area contributed by atoms with Crippen LogP contribution in [-0.4, -0.2) is 7.05 Å². The van der Waals surface area contributed by atoms with Crippen LogP contribution in [0.2, 0.25) is 5.02 Å². The second-order valence-electron chi connectivity index (χ2n) is 3.71. The fourth-order valence-corrected chi connectivity index (χ4v) is 1.83. The maximum Gasteiger partial charge on any atom is 0.146 e. The predicted octanol–water partition coefficient (Wildman–Crippen LogP) is 3.83. The molecule has 0 bridgehead atoms. The van der Waals surface area contributed by atoms with E-state index in [2.05, 4.69) is 0 Å². The largest absolute Gasteiger partial charge is 0.397 e. The van der Waals surface area contributed by atoms with Crippen LogP contribution in [0.25, 0.3) is 0 Å². The van der Waals surface area contributed by atoms with E-state index in [0.717, 1.165) is 5.69 Å². The van der Waals surface area contributed by atoms with Gasteiger partial charge in [0.05, 0.1) is 17.1 Å². The van der Waals surface area contributed by atoms with Gasteiger partial charge in [0.1, 0.15) is 5.82 Å². The molecular formula is C13H12ClFN2. The smallest absolute Gasteiger partial charge is 0.146 e. The van der Waals surface area contributed by atoms with Gasteiger partial charge in [0.2, 0.25) is 0 Å². The van der Waals surface area contributed by atoms with Gasteiger partial charge in [-0.05, 0) is 30.3 Å². The lowest BCUT2D eigenvalue weighted by Crippen LogP contribution is -2.13. The third kappa shape index (κ3) is 2.34. The highest BCUT2D eigenvalue weighted by Crippen LogP contribution is 2.31. The average Bonchev–Trinajstić information content (AvgIpc) is 2.32. The summed E-state index contributed by atoms with van der Waals surface area (Å²) in [4.78, 5) is 1.68. The van der Waals surface area contributed by atoms with E-state index >= 15 is 0 Å². The summed E-state index contributed by atoms with van der Waals surface area (Å²) in [5.41, 5.74) is 7.58. The molecule has 2 nitrogen and oxygen atoms in total. The number of nitrogen functional groups attached to an aromatic ring is 1. The lowest BCUT2D eigenvalue weighted by molar-refractivity contribution is 0.627. The van der Waals surface area contributed by atoms with Crippen molar-refractivity contribution in [3.63, 3.8) is 0 Å². The normalized spacial score (nSPS) is 10.3. The highest BCUT2D eigenvalue weighted by Gasteiger charge is 2.11. The van der Waals surface area contributed by atoms with Crippen LogP contribution in [0, 0.1) is 5.82 Å². The Morgan fingerprint density at radius 1 is 1.12 bits per heavy atom. The van der Waals surface area contributed by atoms with Crippen molar-refractivity contribution in [1.82, 2.24) is 0 Å². The van der Waals surface area contributed by atoms with Gasteiger partial charge in [-0.1, -0.05) is 23.7 Å². The van der Waals surface area contributed by atoms with Crippen LogP contribution in [0.5, 0.6) is 0 Å². The van der Waals surface area contributed by atoms with Crippen molar-refractivity contribution < 1.29 is 4.39 Å². The summed E-state index contributed by atoms with van der Waals surface area (Å²) in [6, 6.07) is 11.7. The van der Waals surface area contributed by atoms with Crippen LogP contribution >= 0.6 is 11.6 Å². The maximum absolute atomic E-state index is 13.7. The molecule has 0 spiro atoms. The van der Waals surface area contributed by atoms with Gasteiger partial charge >= 0.3 is 0 Å². The molecule has 0 aromatic heterocycles. The second-order valence-corrected chi connectivity index (χ2v) is 4.15. The number of benzene rings is 2. The highest BCUT2D eigenvalue weighted by molar-refractivity contribution is 6.30. The molecule has 0 amide bonds. The molecular weight excluding hydrogens is 239 g/mol. The average molecular weight is 251 g/mol. The van der Waals surface area contributed by atoms with Crippen LogP contribution < -0.4 is 10.6 Å². The van der Waals surface area contributed by atoms with E-state index in [9.17, 15) is 4.39 Å². The van der Waals surface area contributed by atoms with Gasteiger partial charge in [0, 0.05) is 12.1 Å². The highest BCUT2D eigenvalue weighted by atomic mass is 35.5. The number of nitrogens with two attached hydrogens (primary N) is 1. The quantitative estimate of drug-likeness (QED) is 0.821. The summed E-state index contributed by atoms with van der Waals surface area (Å²) in [6.45, 7) is 0. The molecule has 0 aliphatic heterocycles. The molecule has 2 N–H and O–H groups in total. The predicted molar refractivity (Wildman–Crippen MR) is 70.3 cm³/mol. The maximum atomic E-state index is 13.7. The Bertz CT molecular complexity index is 543. The summed E-state index contributed by atoms with van der Waals surface area (Å²) >= 11 is 5.86. The second kappa shape index (κ2) is 4.63. The minimum atomic E-state index is -0.333. The molecule has 17 heavy (non-hydrogen) atoms. The van der Waals surface area contributed by atoms with Gasteiger partial charge in [-0.15, -0.1) is 0 Å². The molecule has 0 heterocycles. The minimum Gasteiger partial charge on any atom is -0.397 e. The van der Waals surface area contributed by atoms with Crippen molar-refractivity contribution in [2.45, 2.75) is 0 Å². The van der Waals surface area contributed by atoms with Crippen molar-refractivity contribution in [1.29, 1.82) is 0 Å². The van der Waals surface area contributed by atoms with Crippen molar-refractivity contribution in [3.8, 4) is 0 Å². The molecule has 4 heteroatoms. The number of nitrogens with zero attached hydrogens (tertiary/aromatic N) is 1. The van der Waals surface area contributed by atoms with Gasteiger partial charge in [0.15, 0.2) is 0 Å². The van der Waals surface area contributed by atoms with Crippen LogP contribution in [0.15, 0.2) is 42.5 Å². The van der Waals surface area contributed by atoms with Crippen LogP contribution in [0.4, 0.5) is 21.5 Å². The number of halogens is 2. The van der Waals surface area contributed by atoms with Crippen LogP contribution in [-0.2, 0) is 0 Å². The molecule has 2 rings (SSSR count). The Labute approximate surface area is 104 Å². The molecule has 0 unspecified atom stereocenters. The van der Waals surface area contributed by atoms with Gasteiger partial charge in [-0.25, -0.2) is 4.39 Å². The van der Waals surface area contributed by atoms with E-state index in [1.165, 1.54) is 12.1 Å². The van der Waals surface area contributed by atoms with Gasteiger partial charge in [-0.3, -0.25) is 0 Å². The Hall–Kier alpha value is -1.74. The zero-order valence-electron chi connectivity index (χ0n) is 9.32. The first kappa shape index (κ1) is 11.7. The Balaban J connectivity index is 2.47. The van der Waals surface area contributed by atoms with Crippen molar-refractivity contribution in [2.24, 2.45) is 0 Å². The van der Waals surface area contributed by atoms with Gasteiger partial charge in [0.25, 0.3) is 0 Å². The van der Waals surface area contributed by atoms with Crippen LogP contribution in [0.1, 0.15) is 0 Å². The van der Waals surface area contributed by atoms with Crippen molar-refractivity contribution in [3.05, 3.63) is 53.3 Å². The summed E-state index contributed by atoms with van der Waals surface area (Å²) in [7, 11) is 1.75. The molecule has 0 aliphatic carbocycles. The third-order valence-corrected chi connectivity index (χ3v) is 2.80. The fraction of sp³-hybridized carbons (Fsp3) is 0.0769. The SMILES string of the molecule is CN(c1ccccc1N)c1cc(Cl)ccc1F. The number of para-hydroxylation sites is 2. The standard InChI is InChI=1S/C13H12ClFN2/c1-17(12-5-3-2-4-11(12)16)13-8-9(14)6-7-10(13)15/h2-8H,16H2,1H3. The Kier molecular flexibility index (Phi) is 3.20. The first-order valence-electron chi connectivity index (χ1n) is 5.13. The summed E-state index contributed by atoms with van der Waals surface area (Å²) in [5, 5.41) is 0.489. The van der Waals surface area contributed by atoms with E-state index in [0.29, 0.717) is 16.4 Å². The molecule has 2 aromatic rings. The molecule has 0 fully saturated rings. The van der Waals surface area contributed by atoms with E-state index in [1.807, 2.05) is 18.2 Å². The van der Waals surface area contributed by atoms with Crippen molar-refractivity contribution >= 4 is 28.7 Å². The molecule has 0 atom stereocenters.